The topological polar surface area (TPSA) is 38.7 Å². The fourth-order valence-electron chi connectivity index (χ4n) is 5.57. The Kier molecular flexibility index (Phi) is 6.32. The van der Waals surface area contributed by atoms with Gasteiger partial charge in [0.1, 0.15) is 0 Å². The van der Waals surface area contributed by atoms with Gasteiger partial charge in [0.2, 0.25) is 0 Å². The zero-order valence-electron chi connectivity index (χ0n) is 23.2. The summed E-state index contributed by atoms with van der Waals surface area (Å²) in [4.78, 5) is 14.6. The van der Waals surface area contributed by atoms with E-state index in [1.807, 2.05) is 60.0 Å². The summed E-state index contributed by atoms with van der Waals surface area (Å²) in [6.07, 6.45) is 1.82. The Bertz CT molecular complexity index is 2220. The average Bonchev–Trinajstić information content (AvgIpc) is 3.47. The Labute approximate surface area is 253 Å². The van der Waals surface area contributed by atoms with Crippen LogP contribution < -0.4 is 0 Å². The quantitative estimate of drug-likeness (QED) is 0.208. The molecule has 0 atom stereocenters. The molecule has 43 heavy (non-hydrogen) atoms. The lowest BCUT2D eigenvalue weighted by molar-refractivity contribution is 1.18. The van der Waals surface area contributed by atoms with Crippen molar-refractivity contribution in [2.24, 2.45) is 0 Å². The van der Waals surface area contributed by atoms with Crippen LogP contribution in [0.25, 0.3) is 76.5 Å². The Morgan fingerprint density at radius 1 is 0.372 bits per heavy atom. The molecule has 0 saturated carbocycles. The van der Waals surface area contributed by atoms with Gasteiger partial charge in [-0.05, 0) is 53.6 Å². The second kappa shape index (κ2) is 10.8. The Morgan fingerprint density at radius 2 is 1.02 bits per heavy atom. The van der Waals surface area contributed by atoms with Gasteiger partial charge in [-0.2, -0.15) is 0 Å². The molecule has 0 fully saturated rings. The van der Waals surface area contributed by atoms with Crippen molar-refractivity contribution in [2.75, 3.05) is 0 Å². The number of hydrogen-bond acceptors (Lipinski definition) is 4. The predicted molar refractivity (Wildman–Crippen MR) is 180 cm³/mol. The van der Waals surface area contributed by atoms with Crippen LogP contribution in [-0.4, -0.2) is 15.0 Å². The summed E-state index contributed by atoms with van der Waals surface area (Å²) in [5.41, 5.74) is 9.19. The standard InChI is InChI=1S/C39H25N3S/c1-2-9-27(10-3-1)35-25-36(42-39(41-35)31-12-8-11-30(23-31)34-14-6-7-22-40-34)28-18-16-26(17-19-28)29-20-21-38-33(24-29)32-13-4-5-15-37(32)43-38/h1-25H. The van der Waals surface area contributed by atoms with Crippen molar-refractivity contribution in [1.82, 2.24) is 15.0 Å². The highest BCUT2D eigenvalue weighted by atomic mass is 32.1. The Hall–Kier alpha value is -5.45. The zero-order chi connectivity index (χ0) is 28.6. The van der Waals surface area contributed by atoms with Crippen molar-refractivity contribution in [3.05, 3.63) is 152 Å². The largest absolute Gasteiger partial charge is 0.256 e. The molecule has 202 valence electrons. The molecule has 0 N–H and O–H groups in total. The van der Waals surface area contributed by atoms with E-state index in [2.05, 4.69) is 108 Å². The number of hydrogen-bond donors (Lipinski definition) is 0. The molecule has 0 amide bonds. The fourth-order valence-corrected chi connectivity index (χ4v) is 6.66. The summed E-state index contributed by atoms with van der Waals surface area (Å²) < 4.78 is 2.64. The molecule has 0 aliphatic rings. The number of fused-ring (bicyclic) bond motifs is 3. The van der Waals surface area contributed by atoms with Crippen molar-refractivity contribution in [3.63, 3.8) is 0 Å². The molecule has 3 heterocycles. The van der Waals surface area contributed by atoms with E-state index >= 15 is 0 Å². The normalized spacial score (nSPS) is 11.3. The van der Waals surface area contributed by atoms with Crippen LogP contribution in [0.2, 0.25) is 0 Å². The van der Waals surface area contributed by atoms with Crippen molar-refractivity contribution in [1.29, 1.82) is 0 Å². The van der Waals surface area contributed by atoms with Crippen LogP contribution in [0.4, 0.5) is 0 Å². The molecule has 0 spiro atoms. The highest BCUT2D eigenvalue weighted by molar-refractivity contribution is 7.25. The van der Waals surface area contributed by atoms with Gasteiger partial charge in [-0.3, -0.25) is 4.98 Å². The molecule has 5 aromatic carbocycles. The first-order valence-corrected chi connectivity index (χ1v) is 15.1. The van der Waals surface area contributed by atoms with Gasteiger partial charge in [0, 0.05) is 48.6 Å². The number of benzene rings is 5. The first-order chi connectivity index (χ1) is 21.3. The third-order valence-corrected chi connectivity index (χ3v) is 8.92. The van der Waals surface area contributed by atoms with E-state index in [0.717, 1.165) is 39.3 Å². The van der Waals surface area contributed by atoms with E-state index in [-0.39, 0.29) is 0 Å². The lowest BCUT2D eigenvalue weighted by Crippen LogP contribution is -1.96. The van der Waals surface area contributed by atoms with Crippen LogP contribution in [-0.2, 0) is 0 Å². The van der Waals surface area contributed by atoms with Crippen molar-refractivity contribution < 1.29 is 0 Å². The molecule has 4 heteroatoms. The van der Waals surface area contributed by atoms with E-state index in [1.54, 1.807) is 0 Å². The maximum absolute atomic E-state index is 5.07. The molecule has 0 bridgehead atoms. The van der Waals surface area contributed by atoms with E-state index in [4.69, 9.17) is 9.97 Å². The van der Waals surface area contributed by atoms with Gasteiger partial charge in [-0.25, -0.2) is 9.97 Å². The molecule has 0 unspecified atom stereocenters. The Morgan fingerprint density at radius 3 is 1.84 bits per heavy atom. The number of nitrogens with zero attached hydrogens (tertiary/aromatic N) is 3. The molecule has 0 aliphatic carbocycles. The highest BCUT2D eigenvalue weighted by Crippen LogP contribution is 2.37. The third kappa shape index (κ3) is 4.88. The van der Waals surface area contributed by atoms with E-state index in [9.17, 15) is 0 Å². The first-order valence-electron chi connectivity index (χ1n) is 14.3. The molecule has 3 aromatic heterocycles. The molecular weight excluding hydrogens is 543 g/mol. The molecule has 0 radical (unpaired) electrons. The Balaban J connectivity index is 1.20. The maximum atomic E-state index is 5.07. The highest BCUT2D eigenvalue weighted by Gasteiger charge is 2.13. The van der Waals surface area contributed by atoms with Crippen LogP contribution >= 0.6 is 11.3 Å². The number of pyridine rings is 1. The van der Waals surface area contributed by atoms with Crippen molar-refractivity contribution in [3.8, 4) is 56.3 Å². The molecule has 8 rings (SSSR count). The number of rotatable bonds is 5. The summed E-state index contributed by atoms with van der Waals surface area (Å²) in [5.74, 6) is 0.688. The smallest absolute Gasteiger partial charge is 0.160 e. The van der Waals surface area contributed by atoms with Crippen LogP contribution in [0.1, 0.15) is 0 Å². The fraction of sp³-hybridized carbons (Fsp3) is 0. The minimum atomic E-state index is 0.688. The second-order valence-electron chi connectivity index (χ2n) is 10.5. The molecule has 0 aliphatic heterocycles. The molecular formula is C39H25N3S. The molecule has 3 nitrogen and oxygen atoms in total. The van der Waals surface area contributed by atoms with Crippen LogP contribution in [0.5, 0.6) is 0 Å². The summed E-state index contributed by atoms with van der Waals surface area (Å²) in [6, 6.07) is 50.7. The lowest BCUT2D eigenvalue weighted by atomic mass is 10.00. The van der Waals surface area contributed by atoms with Gasteiger partial charge in [-0.1, -0.05) is 103 Å². The van der Waals surface area contributed by atoms with Gasteiger partial charge >= 0.3 is 0 Å². The van der Waals surface area contributed by atoms with Gasteiger partial charge in [0.05, 0.1) is 17.1 Å². The lowest BCUT2D eigenvalue weighted by Gasteiger charge is -2.11. The first kappa shape index (κ1) is 25.3. The summed E-state index contributed by atoms with van der Waals surface area (Å²) >= 11 is 1.85. The molecule has 8 aromatic rings. The summed E-state index contributed by atoms with van der Waals surface area (Å²) in [6.45, 7) is 0. The average molecular weight is 568 g/mol. The minimum Gasteiger partial charge on any atom is -0.256 e. The number of thiophene rings is 1. The van der Waals surface area contributed by atoms with Crippen molar-refractivity contribution >= 4 is 31.5 Å². The van der Waals surface area contributed by atoms with Crippen LogP contribution in [0.3, 0.4) is 0 Å². The monoisotopic (exact) mass is 567 g/mol. The minimum absolute atomic E-state index is 0.688. The molecule has 0 saturated heterocycles. The van der Waals surface area contributed by atoms with E-state index < -0.39 is 0 Å². The number of aromatic nitrogens is 3. The van der Waals surface area contributed by atoms with Gasteiger partial charge in [0.15, 0.2) is 5.82 Å². The maximum Gasteiger partial charge on any atom is 0.160 e. The summed E-state index contributed by atoms with van der Waals surface area (Å²) in [7, 11) is 0. The predicted octanol–water partition coefficient (Wildman–Crippen LogP) is 10.6. The van der Waals surface area contributed by atoms with Crippen molar-refractivity contribution in [2.45, 2.75) is 0 Å². The van der Waals surface area contributed by atoms with Gasteiger partial charge < -0.3 is 0 Å². The van der Waals surface area contributed by atoms with Gasteiger partial charge in [0.25, 0.3) is 0 Å². The van der Waals surface area contributed by atoms with Gasteiger partial charge in [-0.15, -0.1) is 11.3 Å². The van der Waals surface area contributed by atoms with E-state index in [1.165, 1.54) is 31.3 Å². The second-order valence-corrected chi connectivity index (χ2v) is 11.6. The third-order valence-electron chi connectivity index (χ3n) is 7.77. The zero-order valence-corrected chi connectivity index (χ0v) is 24.0. The van der Waals surface area contributed by atoms with Crippen LogP contribution in [0.15, 0.2) is 152 Å². The summed E-state index contributed by atoms with van der Waals surface area (Å²) in [5, 5.41) is 2.62. The van der Waals surface area contributed by atoms with Crippen LogP contribution in [0, 0.1) is 0 Å². The SMILES string of the molecule is c1ccc(-c2cc(-c3ccc(-c4ccc5sc6ccccc6c5c4)cc3)nc(-c3cccc(-c4ccccn4)c3)n2)cc1. The van der Waals surface area contributed by atoms with E-state index in [0.29, 0.717) is 5.82 Å².